The lowest BCUT2D eigenvalue weighted by Crippen LogP contribution is -2.46. The first-order valence-electron chi connectivity index (χ1n) is 19.9. The number of carboxylic acid groups (broad SMARTS) is 1. The molecule has 2 atom stereocenters. The quantitative estimate of drug-likeness (QED) is 0.0456. The van der Waals surface area contributed by atoms with E-state index in [0.717, 1.165) is 55.9 Å². The standard InChI is InChI=1S/C49H53NO6Si/c1-57(2,3)32-31-53-36-55-47-40(28-27-38-15-13-14-22-45(38)47)35-54-46-33-50(48(51)52)30-29-44(46)39-25-23-37(24-26-39)34-56-49(41-16-7-4-8-17-41,42-18-9-5-10-19-42)43-20-11-6-12-21-43/h4-28,44,46H,29-36H2,1-3H3,(H,51,52). The Morgan fingerprint density at radius 1 is 0.737 bits per heavy atom. The second-order valence-electron chi connectivity index (χ2n) is 16.0. The van der Waals surface area contributed by atoms with Crippen molar-refractivity contribution < 1.29 is 28.8 Å². The van der Waals surface area contributed by atoms with Gasteiger partial charge in [-0.15, -0.1) is 0 Å². The molecule has 2 unspecified atom stereocenters. The molecule has 0 bridgehead atoms. The van der Waals surface area contributed by atoms with Gasteiger partial charge in [-0.3, -0.25) is 0 Å². The van der Waals surface area contributed by atoms with E-state index in [-0.39, 0.29) is 32.0 Å². The summed E-state index contributed by atoms with van der Waals surface area (Å²) in [5.41, 5.74) is 5.39. The molecule has 0 aliphatic carbocycles. The van der Waals surface area contributed by atoms with Crippen molar-refractivity contribution in [1.29, 1.82) is 0 Å². The predicted molar refractivity (Wildman–Crippen MR) is 230 cm³/mol. The third-order valence-corrected chi connectivity index (χ3v) is 12.6. The van der Waals surface area contributed by atoms with Crippen molar-refractivity contribution in [3.63, 3.8) is 0 Å². The molecule has 7 rings (SSSR count). The highest BCUT2D eigenvalue weighted by molar-refractivity contribution is 6.76. The van der Waals surface area contributed by atoms with Gasteiger partial charge in [-0.05, 0) is 45.7 Å². The van der Waals surface area contributed by atoms with Crippen LogP contribution in [0.3, 0.4) is 0 Å². The Morgan fingerprint density at radius 2 is 1.33 bits per heavy atom. The van der Waals surface area contributed by atoms with Gasteiger partial charge in [-0.2, -0.15) is 0 Å². The molecule has 6 aromatic carbocycles. The third-order valence-electron chi connectivity index (χ3n) is 10.9. The molecule has 8 heteroatoms. The van der Waals surface area contributed by atoms with E-state index in [9.17, 15) is 9.90 Å². The molecular weight excluding hydrogens is 727 g/mol. The van der Waals surface area contributed by atoms with Crippen molar-refractivity contribution in [3.8, 4) is 5.75 Å². The van der Waals surface area contributed by atoms with Gasteiger partial charge in [-0.1, -0.05) is 171 Å². The molecule has 1 fully saturated rings. The SMILES string of the molecule is C[Si](C)(C)CCOCOc1c(COC2CN(C(=O)O)CCC2c2ccc(COC(c3ccccc3)(c3ccccc3)c3ccccc3)cc2)ccc2ccccc12. The molecule has 57 heavy (non-hydrogen) atoms. The molecule has 294 valence electrons. The van der Waals surface area contributed by atoms with E-state index in [0.29, 0.717) is 26.2 Å². The number of piperidine rings is 1. The van der Waals surface area contributed by atoms with E-state index < -0.39 is 19.8 Å². The number of hydrogen-bond acceptors (Lipinski definition) is 5. The van der Waals surface area contributed by atoms with Gasteiger partial charge >= 0.3 is 6.09 Å². The van der Waals surface area contributed by atoms with Crippen LogP contribution in [0.1, 0.15) is 45.7 Å². The van der Waals surface area contributed by atoms with Gasteiger partial charge in [0.05, 0.1) is 25.9 Å². The summed E-state index contributed by atoms with van der Waals surface area (Å²) in [5, 5.41) is 12.1. The molecule has 1 saturated heterocycles. The van der Waals surface area contributed by atoms with E-state index in [1.807, 2.05) is 36.4 Å². The Balaban J connectivity index is 1.10. The van der Waals surface area contributed by atoms with Gasteiger partial charge in [0.15, 0.2) is 6.79 Å². The van der Waals surface area contributed by atoms with Gasteiger partial charge in [-0.25, -0.2) is 4.79 Å². The summed E-state index contributed by atoms with van der Waals surface area (Å²) >= 11 is 0. The van der Waals surface area contributed by atoms with Crippen LogP contribution in [0, 0.1) is 0 Å². The molecule has 1 N–H and O–H groups in total. The van der Waals surface area contributed by atoms with E-state index in [4.69, 9.17) is 18.9 Å². The van der Waals surface area contributed by atoms with Gasteiger partial charge in [0.25, 0.3) is 0 Å². The van der Waals surface area contributed by atoms with E-state index in [1.165, 1.54) is 4.90 Å². The first-order chi connectivity index (χ1) is 27.7. The van der Waals surface area contributed by atoms with Crippen molar-refractivity contribution in [2.45, 2.75) is 62.9 Å². The highest BCUT2D eigenvalue weighted by atomic mass is 28.3. The molecule has 0 radical (unpaired) electrons. The molecule has 6 aromatic rings. The minimum absolute atomic E-state index is 0.00217. The summed E-state index contributed by atoms with van der Waals surface area (Å²) in [4.78, 5) is 13.6. The number of benzene rings is 6. The Hall–Kier alpha value is -5.25. The first kappa shape index (κ1) is 40.0. The Kier molecular flexibility index (Phi) is 12.9. The summed E-state index contributed by atoms with van der Waals surface area (Å²) in [6.45, 7) is 9.20. The second-order valence-corrected chi connectivity index (χ2v) is 21.7. The van der Waals surface area contributed by atoms with Crippen LogP contribution in [0.25, 0.3) is 10.8 Å². The zero-order chi connectivity index (χ0) is 39.7. The maximum atomic E-state index is 12.2. The number of nitrogens with zero attached hydrogens (tertiary/aromatic N) is 1. The third kappa shape index (κ3) is 9.66. The number of amides is 1. The first-order valence-corrected chi connectivity index (χ1v) is 23.6. The van der Waals surface area contributed by atoms with Gasteiger partial charge < -0.3 is 29.0 Å². The topological polar surface area (TPSA) is 77.5 Å². The van der Waals surface area contributed by atoms with Crippen LogP contribution in [0.5, 0.6) is 5.75 Å². The van der Waals surface area contributed by atoms with Crippen molar-refractivity contribution in [2.75, 3.05) is 26.5 Å². The van der Waals surface area contributed by atoms with Crippen LogP contribution in [-0.2, 0) is 33.0 Å². The van der Waals surface area contributed by atoms with Crippen LogP contribution in [0.2, 0.25) is 25.7 Å². The number of hydrogen-bond donors (Lipinski definition) is 1. The van der Waals surface area contributed by atoms with Crippen molar-refractivity contribution in [2.24, 2.45) is 0 Å². The maximum Gasteiger partial charge on any atom is 0.407 e. The maximum absolute atomic E-state index is 12.2. The molecule has 7 nitrogen and oxygen atoms in total. The lowest BCUT2D eigenvalue weighted by molar-refractivity contribution is -0.0223. The van der Waals surface area contributed by atoms with E-state index in [2.05, 4.69) is 135 Å². The summed E-state index contributed by atoms with van der Waals surface area (Å²) < 4.78 is 26.0. The van der Waals surface area contributed by atoms with E-state index >= 15 is 0 Å². The largest absolute Gasteiger partial charge is 0.467 e. The van der Waals surface area contributed by atoms with Gasteiger partial charge in [0.2, 0.25) is 0 Å². The Bertz CT molecular complexity index is 2090. The van der Waals surface area contributed by atoms with Crippen LogP contribution in [0.15, 0.2) is 152 Å². The van der Waals surface area contributed by atoms with Crippen molar-refractivity contribution in [3.05, 3.63) is 185 Å². The summed E-state index contributed by atoms with van der Waals surface area (Å²) in [7, 11) is -1.23. The van der Waals surface area contributed by atoms with Crippen LogP contribution < -0.4 is 4.74 Å². The summed E-state index contributed by atoms with van der Waals surface area (Å²) in [6, 6.07) is 53.1. The van der Waals surface area contributed by atoms with Crippen molar-refractivity contribution >= 4 is 24.9 Å². The van der Waals surface area contributed by atoms with Gasteiger partial charge in [0, 0.05) is 38.1 Å². The smallest absolute Gasteiger partial charge is 0.407 e. The number of rotatable bonds is 16. The van der Waals surface area contributed by atoms with E-state index in [1.54, 1.807) is 0 Å². The van der Waals surface area contributed by atoms with Gasteiger partial charge in [0.1, 0.15) is 11.4 Å². The number of fused-ring (bicyclic) bond motifs is 1. The molecule has 1 aliphatic heterocycles. The monoisotopic (exact) mass is 779 g/mol. The fraction of sp³-hybridized carbons (Fsp3) is 0.286. The molecule has 1 heterocycles. The Morgan fingerprint density at radius 3 is 1.93 bits per heavy atom. The number of ether oxygens (including phenoxy) is 4. The van der Waals surface area contributed by atoms with Crippen LogP contribution >= 0.6 is 0 Å². The zero-order valence-electron chi connectivity index (χ0n) is 33.2. The molecule has 0 saturated carbocycles. The second kappa shape index (κ2) is 18.3. The lowest BCUT2D eigenvalue weighted by Gasteiger charge is -2.37. The normalized spacial score (nSPS) is 16.1. The fourth-order valence-electron chi connectivity index (χ4n) is 7.77. The Labute approximate surface area is 337 Å². The summed E-state index contributed by atoms with van der Waals surface area (Å²) in [6.07, 6.45) is -0.637. The molecular formula is C49H53NO6Si. The lowest BCUT2D eigenvalue weighted by atomic mass is 9.80. The fourth-order valence-corrected chi connectivity index (χ4v) is 8.53. The van der Waals surface area contributed by atoms with Crippen LogP contribution in [-0.4, -0.2) is 56.8 Å². The zero-order valence-corrected chi connectivity index (χ0v) is 34.2. The number of carbonyl (C=O) groups is 1. The summed E-state index contributed by atoms with van der Waals surface area (Å²) in [5.74, 6) is 0.743. The average molecular weight is 780 g/mol. The average Bonchev–Trinajstić information content (AvgIpc) is 3.24. The van der Waals surface area contributed by atoms with Crippen LogP contribution in [0.4, 0.5) is 4.79 Å². The molecule has 1 aliphatic rings. The minimum atomic E-state index is -1.23. The predicted octanol–water partition coefficient (Wildman–Crippen LogP) is 11.1. The van der Waals surface area contributed by atoms with Crippen molar-refractivity contribution in [1.82, 2.24) is 4.90 Å². The minimum Gasteiger partial charge on any atom is -0.467 e. The highest BCUT2D eigenvalue weighted by Gasteiger charge is 2.38. The highest BCUT2D eigenvalue weighted by Crippen LogP contribution is 2.41. The molecule has 0 aromatic heterocycles. The number of likely N-dealkylation sites (tertiary alicyclic amines) is 1. The molecule has 1 amide bonds. The molecule has 0 spiro atoms.